The Bertz CT molecular complexity index is 514. The molecule has 0 heterocycles. The summed E-state index contributed by atoms with van der Waals surface area (Å²) in [6.07, 6.45) is 0.291. The number of rotatable bonds is 7. The van der Waals surface area contributed by atoms with E-state index in [1.54, 1.807) is 12.1 Å². The van der Waals surface area contributed by atoms with Gasteiger partial charge < -0.3 is 16.8 Å². The van der Waals surface area contributed by atoms with Crippen LogP contribution in [0, 0.1) is 6.92 Å². The summed E-state index contributed by atoms with van der Waals surface area (Å²) in [7, 11) is 0. The lowest BCUT2D eigenvalue weighted by Gasteiger charge is -2.24. The monoisotopic (exact) mass is 292 g/mol. The number of aryl methyl sites for hydroxylation is 1. The van der Waals surface area contributed by atoms with Gasteiger partial charge in [-0.05, 0) is 38.5 Å². The second-order valence-corrected chi connectivity index (χ2v) is 5.40. The van der Waals surface area contributed by atoms with Crippen LogP contribution >= 0.6 is 0 Å². The van der Waals surface area contributed by atoms with E-state index in [0.717, 1.165) is 5.56 Å². The molecular formula is C15H24N4O2. The first-order valence-electron chi connectivity index (χ1n) is 6.98. The van der Waals surface area contributed by atoms with Crippen LogP contribution in [0.1, 0.15) is 25.8 Å². The lowest BCUT2D eigenvalue weighted by molar-refractivity contribution is -0.121. The van der Waals surface area contributed by atoms with Crippen molar-refractivity contribution in [3.63, 3.8) is 0 Å². The van der Waals surface area contributed by atoms with Crippen LogP contribution in [0.5, 0.6) is 0 Å². The number of benzene rings is 1. The number of nitrogens with zero attached hydrogens (tertiary/aromatic N) is 1. The fourth-order valence-corrected chi connectivity index (χ4v) is 1.95. The van der Waals surface area contributed by atoms with E-state index in [2.05, 4.69) is 5.32 Å². The van der Waals surface area contributed by atoms with Crippen molar-refractivity contribution in [2.24, 2.45) is 5.73 Å². The highest BCUT2D eigenvalue weighted by Gasteiger charge is 2.14. The molecule has 1 aromatic carbocycles. The van der Waals surface area contributed by atoms with Gasteiger partial charge in [-0.25, -0.2) is 0 Å². The second-order valence-electron chi connectivity index (χ2n) is 5.40. The summed E-state index contributed by atoms with van der Waals surface area (Å²) in [6, 6.07) is 5.53. The van der Waals surface area contributed by atoms with E-state index in [-0.39, 0.29) is 18.5 Å². The van der Waals surface area contributed by atoms with Gasteiger partial charge in [0, 0.05) is 30.4 Å². The van der Waals surface area contributed by atoms with Crippen LogP contribution in [0.2, 0.25) is 0 Å². The van der Waals surface area contributed by atoms with Gasteiger partial charge >= 0.3 is 0 Å². The maximum atomic E-state index is 12.0. The van der Waals surface area contributed by atoms with Crippen molar-refractivity contribution in [3.05, 3.63) is 23.8 Å². The molecule has 0 radical (unpaired) electrons. The maximum Gasteiger partial charge on any atom is 0.231 e. The average Bonchev–Trinajstić information content (AvgIpc) is 2.38. The SMILES string of the molecule is Cc1ccc(N)cc1NC(=O)CCN(CC(N)=O)C(C)C. The van der Waals surface area contributed by atoms with E-state index < -0.39 is 5.91 Å². The predicted molar refractivity (Wildman–Crippen MR) is 84.7 cm³/mol. The summed E-state index contributed by atoms with van der Waals surface area (Å²) in [4.78, 5) is 24.9. The molecule has 6 nitrogen and oxygen atoms in total. The van der Waals surface area contributed by atoms with Gasteiger partial charge in [0.2, 0.25) is 11.8 Å². The molecule has 0 aliphatic rings. The number of carbonyl (C=O) groups excluding carboxylic acids is 2. The fraction of sp³-hybridized carbons (Fsp3) is 0.467. The summed E-state index contributed by atoms with van der Waals surface area (Å²) < 4.78 is 0. The summed E-state index contributed by atoms with van der Waals surface area (Å²) in [5.41, 5.74) is 13.2. The molecule has 2 amide bonds. The standard InChI is InChI=1S/C15H24N4O2/c1-10(2)19(9-14(17)20)7-6-15(21)18-13-8-12(16)5-4-11(13)3/h4-5,8,10H,6-7,9,16H2,1-3H3,(H2,17,20)(H,18,21). The Kier molecular flexibility index (Phi) is 6.17. The Hall–Kier alpha value is -2.08. The number of nitrogens with two attached hydrogens (primary N) is 2. The van der Waals surface area contributed by atoms with Gasteiger partial charge in [0.15, 0.2) is 0 Å². The van der Waals surface area contributed by atoms with Crippen molar-refractivity contribution in [1.82, 2.24) is 4.90 Å². The number of primary amides is 1. The number of hydrogen-bond acceptors (Lipinski definition) is 4. The molecule has 0 fully saturated rings. The molecule has 0 unspecified atom stereocenters. The summed E-state index contributed by atoms with van der Waals surface area (Å²) in [5, 5.41) is 2.84. The average molecular weight is 292 g/mol. The van der Waals surface area contributed by atoms with Gasteiger partial charge in [-0.15, -0.1) is 0 Å². The van der Waals surface area contributed by atoms with E-state index in [0.29, 0.717) is 24.3 Å². The molecule has 5 N–H and O–H groups in total. The Labute approximate surface area is 125 Å². The first-order valence-corrected chi connectivity index (χ1v) is 6.98. The summed E-state index contributed by atoms with van der Waals surface area (Å²) in [5.74, 6) is -0.505. The highest BCUT2D eigenvalue weighted by Crippen LogP contribution is 2.18. The van der Waals surface area contributed by atoms with Crippen molar-refractivity contribution in [2.75, 3.05) is 24.1 Å². The minimum absolute atomic E-state index is 0.112. The highest BCUT2D eigenvalue weighted by molar-refractivity contribution is 5.92. The number of amides is 2. The molecule has 0 bridgehead atoms. The highest BCUT2D eigenvalue weighted by atomic mass is 16.2. The second kappa shape index (κ2) is 7.64. The number of nitrogens with one attached hydrogen (secondary N) is 1. The van der Waals surface area contributed by atoms with E-state index in [4.69, 9.17) is 11.5 Å². The third-order valence-electron chi connectivity index (χ3n) is 3.25. The summed E-state index contributed by atoms with van der Waals surface area (Å²) >= 11 is 0. The van der Waals surface area contributed by atoms with Crippen molar-refractivity contribution < 1.29 is 9.59 Å². The Morgan fingerprint density at radius 3 is 2.57 bits per heavy atom. The topological polar surface area (TPSA) is 101 Å². The fourth-order valence-electron chi connectivity index (χ4n) is 1.95. The van der Waals surface area contributed by atoms with Gasteiger partial charge in [0.05, 0.1) is 6.54 Å². The molecule has 116 valence electrons. The van der Waals surface area contributed by atoms with Crippen molar-refractivity contribution in [1.29, 1.82) is 0 Å². The first-order chi connectivity index (χ1) is 9.79. The lowest BCUT2D eigenvalue weighted by atomic mass is 10.1. The Balaban J connectivity index is 2.56. The van der Waals surface area contributed by atoms with Crippen molar-refractivity contribution in [2.45, 2.75) is 33.2 Å². The van der Waals surface area contributed by atoms with Gasteiger partial charge in [-0.2, -0.15) is 0 Å². The van der Waals surface area contributed by atoms with Crippen LogP contribution in [0.25, 0.3) is 0 Å². The van der Waals surface area contributed by atoms with Gasteiger partial charge in [0.1, 0.15) is 0 Å². The minimum Gasteiger partial charge on any atom is -0.399 e. The van der Waals surface area contributed by atoms with Crippen LogP contribution in [0.15, 0.2) is 18.2 Å². The first kappa shape index (κ1) is 17.0. The van der Waals surface area contributed by atoms with Crippen LogP contribution < -0.4 is 16.8 Å². The van der Waals surface area contributed by atoms with E-state index in [1.165, 1.54) is 0 Å². The quantitative estimate of drug-likeness (QED) is 0.655. The molecule has 0 aromatic heterocycles. The molecule has 6 heteroatoms. The minimum atomic E-state index is -0.393. The number of carbonyl (C=O) groups is 2. The van der Waals surface area contributed by atoms with Gasteiger partial charge in [0.25, 0.3) is 0 Å². The third kappa shape index (κ3) is 5.83. The van der Waals surface area contributed by atoms with Crippen LogP contribution in [-0.4, -0.2) is 35.8 Å². The number of nitrogen functional groups attached to an aromatic ring is 1. The van der Waals surface area contributed by atoms with E-state index in [9.17, 15) is 9.59 Å². The third-order valence-corrected chi connectivity index (χ3v) is 3.25. The Morgan fingerprint density at radius 2 is 2.00 bits per heavy atom. The molecule has 0 aliphatic heterocycles. The molecule has 0 saturated carbocycles. The van der Waals surface area contributed by atoms with Crippen molar-refractivity contribution in [3.8, 4) is 0 Å². The van der Waals surface area contributed by atoms with Gasteiger partial charge in [-0.1, -0.05) is 6.07 Å². The zero-order chi connectivity index (χ0) is 16.0. The normalized spacial score (nSPS) is 10.9. The molecule has 0 aliphatic carbocycles. The lowest BCUT2D eigenvalue weighted by Crippen LogP contribution is -2.40. The number of anilines is 2. The smallest absolute Gasteiger partial charge is 0.231 e. The molecule has 0 atom stereocenters. The molecular weight excluding hydrogens is 268 g/mol. The zero-order valence-corrected chi connectivity index (χ0v) is 12.8. The molecule has 1 aromatic rings. The van der Waals surface area contributed by atoms with E-state index in [1.807, 2.05) is 31.7 Å². The van der Waals surface area contributed by atoms with Gasteiger partial charge in [-0.3, -0.25) is 14.5 Å². The zero-order valence-electron chi connectivity index (χ0n) is 12.8. The van der Waals surface area contributed by atoms with Crippen LogP contribution in [0.4, 0.5) is 11.4 Å². The van der Waals surface area contributed by atoms with Crippen molar-refractivity contribution >= 4 is 23.2 Å². The number of hydrogen-bond donors (Lipinski definition) is 3. The predicted octanol–water partition coefficient (Wildman–Crippen LogP) is 1.10. The van der Waals surface area contributed by atoms with Crippen LogP contribution in [0.3, 0.4) is 0 Å². The van der Waals surface area contributed by atoms with Crippen LogP contribution in [-0.2, 0) is 9.59 Å². The molecule has 1 rings (SSSR count). The summed E-state index contributed by atoms with van der Waals surface area (Å²) in [6.45, 7) is 6.46. The van der Waals surface area contributed by atoms with E-state index >= 15 is 0 Å². The maximum absolute atomic E-state index is 12.0. The Morgan fingerprint density at radius 1 is 1.33 bits per heavy atom. The molecule has 0 saturated heterocycles. The largest absolute Gasteiger partial charge is 0.399 e. The molecule has 21 heavy (non-hydrogen) atoms. The molecule has 0 spiro atoms.